The minimum absolute atomic E-state index is 0.355. The highest BCUT2D eigenvalue weighted by molar-refractivity contribution is 8.00. The first kappa shape index (κ1) is 15.1. The lowest BCUT2D eigenvalue weighted by molar-refractivity contribution is 0.287. The van der Waals surface area contributed by atoms with Crippen molar-refractivity contribution in [3.8, 4) is 0 Å². The summed E-state index contributed by atoms with van der Waals surface area (Å²) in [4.78, 5) is 4.41. The zero-order valence-corrected chi connectivity index (χ0v) is 13.5. The molecule has 2 atom stereocenters. The lowest BCUT2D eigenvalue weighted by Crippen LogP contribution is -2.43. The van der Waals surface area contributed by atoms with Crippen LogP contribution >= 0.6 is 23.4 Å². The predicted octanol–water partition coefficient (Wildman–Crippen LogP) is 4.38. The lowest BCUT2D eigenvalue weighted by atomic mass is 9.87. The second kappa shape index (κ2) is 6.47. The second-order valence-corrected chi connectivity index (χ2v) is 7.54. The van der Waals surface area contributed by atoms with Crippen LogP contribution in [0, 0.1) is 5.41 Å². The fourth-order valence-electron chi connectivity index (χ4n) is 2.78. The van der Waals surface area contributed by atoms with Crippen LogP contribution in [0.2, 0.25) is 5.02 Å². The summed E-state index contributed by atoms with van der Waals surface area (Å²) in [6, 6.07) is 4.35. The van der Waals surface area contributed by atoms with Gasteiger partial charge in [0.1, 0.15) is 5.03 Å². The van der Waals surface area contributed by atoms with E-state index in [-0.39, 0.29) is 0 Å². The lowest BCUT2D eigenvalue weighted by Gasteiger charge is -2.31. The second-order valence-electron chi connectivity index (χ2n) is 5.91. The molecule has 106 valence electrons. The summed E-state index contributed by atoms with van der Waals surface area (Å²) in [6.45, 7) is 8.02. The van der Waals surface area contributed by atoms with Gasteiger partial charge < -0.3 is 5.32 Å². The molecule has 19 heavy (non-hydrogen) atoms. The largest absolute Gasteiger partial charge is 0.312 e. The van der Waals surface area contributed by atoms with E-state index in [0.29, 0.717) is 16.7 Å². The van der Waals surface area contributed by atoms with E-state index in [2.05, 4.69) is 31.1 Å². The number of nitrogens with one attached hydrogen (secondary N) is 1. The molecule has 2 unspecified atom stereocenters. The van der Waals surface area contributed by atoms with Crippen LogP contribution < -0.4 is 5.32 Å². The Balaban J connectivity index is 2.08. The number of rotatable bonds is 5. The van der Waals surface area contributed by atoms with E-state index in [1.165, 1.54) is 19.3 Å². The molecule has 0 spiro atoms. The maximum absolute atomic E-state index is 6.22. The zero-order valence-electron chi connectivity index (χ0n) is 11.9. The van der Waals surface area contributed by atoms with Gasteiger partial charge in [-0.25, -0.2) is 4.98 Å². The quantitative estimate of drug-likeness (QED) is 0.873. The summed E-state index contributed by atoms with van der Waals surface area (Å²) >= 11 is 8.06. The molecule has 1 N–H and O–H groups in total. The molecule has 1 aromatic rings. The van der Waals surface area contributed by atoms with Gasteiger partial charge in [-0.1, -0.05) is 44.1 Å². The van der Waals surface area contributed by atoms with Gasteiger partial charge in [0.05, 0.1) is 5.02 Å². The van der Waals surface area contributed by atoms with Crippen molar-refractivity contribution in [3.05, 3.63) is 23.4 Å². The average molecular weight is 299 g/mol. The predicted molar refractivity (Wildman–Crippen MR) is 84.0 cm³/mol. The Kier molecular flexibility index (Phi) is 5.15. The van der Waals surface area contributed by atoms with Crippen molar-refractivity contribution in [1.82, 2.24) is 10.3 Å². The van der Waals surface area contributed by atoms with Crippen LogP contribution in [0.3, 0.4) is 0 Å². The first-order valence-electron chi connectivity index (χ1n) is 7.05. The van der Waals surface area contributed by atoms with Gasteiger partial charge in [0.2, 0.25) is 0 Å². The van der Waals surface area contributed by atoms with Gasteiger partial charge in [0, 0.05) is 17.5 Å². The van der Waals surface area contributed by atoms with Crippen LogP contribution in [-0.4, -0.2) is 22.8 Å². The third kappa shape index (κ3) is 3.65. The van der Waals surface area contributed by atoms with Crippen LogP contribution in [0.5, 0.6) is 0 Å². The normalized spacial score (nSPS) is 25.7. The molecular formula is C15H23ClN2S. The van der Waals surface area contributed by atoms with Crippen LogP contribution in [0.1, 0.15) is 40.0 Å². The van der Waals surface area contributed by atoms with E-state index in [1.54, 1.807) is 0 Å². The number of nitrogens with zero attached hydrogens (tertiary/aromatic N) is 1. The highest BCUT2D eigenvalue weighted by Gasteiger charge is 2.42. The van der Waals surface area contributed by atoms with E-state index in [4.69, 9.17) is 11.6 Å². The summed E-state index contributed by atoms with van der Waals surface area (Å²) in [5.41, 5.74) is 0.355. The molecule has 1 fully saturated rings. The Bertz CT molecular complexity index is 422. The Morgan fingerprint density at radius 3 is 3.00 bits per heavy atom. The van der Waals surface area contributed by atoms with E-state index in [9.17, 15) is 0 Å². The van der Waals surface area contributed by atoms with E-state index in [0.717, 1.165) is 16.6 Å². The van der Waals surface area contributed by atoms with Crippen LogP contribution in [0.4, 0.5) is 0 Å². The molecule has 1 aliphatic carbocycles. The van der Waals surface area contributed by atoms with Crippen molar-refractivity contribution in [1.29, 1.82) is 0 Å². The fraction of sp³-hybridized carbons (Fsp3) is 0.667. The molecule has 0 amide bonds. The van der Waals surface area contributed by atoms with Crippen molar-refractivity contribution in [2.45, 2.75) is 56.4 Å². The van der Waals surface area contributed by atoms with Gasteiger partial charge in [0.25, 0.3) is 0 Å². The first-order chi connectivity index (χ1) is 9.04. The van der Waals surface area contributed by atoms with Gasteiger partial charge in [-0.15, -0.1) is 0 Å². The van der Waals surface area contributed by atoms with E-state index < -0.39 is 0 Å². The third-order valence-electron chi connectivity index (χ3n) is 3.89. The van der Waals surface area contributed by atoms with Crippen molar-refractivity contribution < 1.29 is 0 Å². The molecule has 1 aliphatic rings. The smallest absolute Gasteiger partial charge is 0.115 e. The molecule has 1 aromatic heterocycles. The van der Waals surface area contributed by atoms with Crippen molar-refractivity contribution in [2.24, 2.45) is 5.41 Å². The molecular weight excluding hydrogens is 276 g/mol. The average Bonchev–Trinajstić information content (AvgIpc) is 2.65. The van der Waals surface area contributed by atoms with Gasteiger partial charge in [-0.2, -0.15) is 0 Å². The highest BCUT2D eigenvalue weighted by atomic mass is 35.5. The molecule has 4 heteroatoms. The topological polar surface area (TPSA) is 24.9 Å². The fourth-order valence-corrected chi connectivity index (χ4v) is 4.46. The minimum Gasteiger partial charge on any atom is -0.312 e. The summed E-state index contributed by atoms with van der Waals surface area (Å²) in [5.74, 6) is 0. The number of thioether (sulfide) groups is 1. The maximum atomic E-state index is 6.22. The van der Waals surface area contributed by atoms with Gasteiger partial charge >= 0.3 is 0 Å². The molecule has 1 heterocycles. The Hall–Kier alpha value is -0.250. The standard InChI is InChI=1S/C15H23ClN2S/c1-4-9-17-13-12(7-8-15(13,2)3)19-14-11(16)6-5-10-18-14/h5-6,10,12-13,17H,4,7-9H2,1-3H3. The monoisotopic (exact) mass is 298 g/mol. The molecule has 1 saturated carbocycles. The van der Waals surface area contributed by atoms with Crippen LogP contribution in [0.15, 0.2) is 23.4 Å². The Labute approximate surface area is 125 Å². The minimum atomic E-state index is 0.355. The van der Waals surface area contributed by atoms with Gasteiger partial charge in [0.15, 0.2) is 0 Å². The number of hydrogen-bond donors (Lipinski definition) is 1. The summed E-state index contributed by atoms with van der Waals surface area (Å²) in [6.07, 6.45) is 5.49. The molecule has 0 aromatic carbocycles. The SMILES string of the molecule is CCCNC1C(Sc2ncccc2Cl)CCC1(C)C. The van der Waals surface area contributed by atoms with Gasteiger partial charge in [-0.05, 0) is 43.4 Å². The summed E-state index contributed by atoms with van der Waals surface area (Å²) in [5, 5.41) is 6.02. The summed E-state index contributed by atoms with van der Waals surface area (Å²) < 4.78 is 0. The van der Waals surface area contributed by atoms with Crippen LogP contribution in [-0.2, 0) is 0 Å². The summed E-state index contributed by atoms with van der Waals surface area (Å²) in [7, 11) is 0. The number of aromatic nitrogens is 1. The molecule has 0 bridgehead atoms. The van der Waals surface area contributed by atoms with E-state index in [1.807, 2.05) is 30.1 Å². The molecule has 2 nitrogen and oxygen atoms in total. The Morgan fingerprint density at radius 1 is 1.53 bits per heavy atom. The Morgan fingerprint density at radius 2 is 2.32 bits per heavy atom. The zero-order chi connectivity index (χ0) is 13.9. The van der Waals surface area contributed by atoms with Crippen molar-refractivity contribution in [2.75, 3.05) is 6.54 Å². The molecule has 0 saturated heterocycles. The molecule has 0 aliphatic heterocycles. The molecule has 0 radical (unpaired) electrons. The van der Waals surface area contributed by atoms with Crippen LogP contribution in [0.25, 0.3) is 0 Å². The van der Waals surface area contributed by atoms with Crippen molar-refractivity contribution in [3.63, 3.8) is 0 Å². The highest BCUT2D eigenvalue weighted by Crippen LogP contribution is 2.45. The number of halogens is 1. The maximum Gasteiger partial charge on any atom is 0.115 e. The number of pyridine rings is 1. The third-order valence-corrected chi connectivity index (χ3v) is 5.67. The van der Waals surface area contributed by atoms with Gasteiger partial charge in [-0.3, -0.25) is 0 Å². The number of hydrogen-bond acceptors (Lipinski definition) is 3. The first-order valence-corrected chi connectivity index (χ1v) is 8.31. The molecule has 2 rings (SSSR count). The van der Waals surface area contributed by atoms with Crippen molar-refractivity contribution >= 4 is 23.4 Å². The van der Waals surface area contributed by atoms with E-state index >= 15 is 0 Å².